The van der Waals surface area contributed by atoms with E-state index in [4.69, 9.17) is 5.41 Å². The molecule has 1 unspecified atom stereocenters. The van der Waals surface area contributed by atoms with Gasteiger partial charge in [-0.25, -0.2) is 14.8 Å². The van der Waals surface area contributed by atoms with E-state index in [-0.39, 0.29) is 23.9 Å². The highest BCUT2D eigenvalue weighted by atomic mass is 16.4. The summed E-state index contributed by atoms with van der Waals surface area (Å²) in [6.07, 6.45) is 4.98. The summed E-state index contributed by atoms with van der Waals surface area (Å²) in [6.45, 7) is 3.83. The average molecular weight is 365 g/mol. The fourth-order valence-corrected chi connectivity index (χ4v) is 2.90. The predicted molar refractivity (Wildman–Crippen MR) is 101 cm³/mol. The molecule has 0 saturated carbocycles. The van der Waals surface area contributed by atoms with Gasteiger partial charge in [-0.05, 0) is 32.4 Å². The minimum atomic E-state index is -1.15. The first-order chi connectivity index (χ1) is 12.8. The van der Waals surface area contributed by atoms with Crippen molar-refractivity contribution in [1.82, 2.24) is 15.3 Å². The number of aliphatic carboxylic acids is 1. The summed E-state index contributed by atoms with van der Waals surface area (Å²) in [6, 6.07) is 5.78. The lowest BCUT2D eigenvalue weighted by Gasteiger charge is -2.18. The van der Waals surface area contributed by atoms with Gasteiger partial charge in [0.2, 0.25) is 17.8 Å². The summed E-state index contributed by atoms with van der Waals surface area (Å²) in [5.74, 6) is -2.70. The normalized spacial score (nSPS) is 15.9. The quantitative estimate of drug-likeness (QED) is 0.488. The lowest BCUT2D eigenvalue weighted by molar-refractivity contribution is -0.135. The zero-order valence-corrected chi connectivity index (χ0v) is 14.9. The van der Waals surface area contributed by atoms with E-state index in [1.807, 2.05) is 32.0 Å². The second kappa shape index (κ2) is 7.36. The highest BCUT2D eigenvalue weighted by Crippen LogP contribution is 2.21. The third-order valence-corrected chi connectivity index (χ3v) is 4.25. The molecule has 1 aromatic carbocycles. The molecule has 8 nitrogen and oxygen atoms in total. The van der Waals surface area contributed by atoms with Crippen LogP contribution in [0.3, 0.4) is 0 Å². The third-order valence-electron chi connectivity index (χ3n) is 4.25. The molecule has 1 amide bonds. The maximum atomic E-state index is 12.4. The van der Waals surface area contributed by atoms with Crippen LogP contribution in [0.2, 0.25) is 0 Å². The first kappa shape index (κ1) is 18.2. The molecule has 1 atom stereocenters. The van der Waals surface area contributed by atoms with Crippen LogP contribution in [0.1, 0.15) is 17.7 Å². The monoisotopic (exact) mass is 365 g/mol. The van der Waals surface area contributed by atoms with Crippen molar-refractivity contribution < 1.29 is 14.7 Å². The molecular weight excluding hydrogens is 346 g/mol. The second-order valence-electron chi connectivity index (χ2n) is 6.29. The smallest absolute Gasteiger partial charge is 0.332 e. The molecular formula is C19H19N5O3. The molecule has 1 heterocycles. The lowest BCUT2D eigenvalue weighted by atomic mass is 9.91. The Labute approximate surface area is 155 Å². The van der Waals surface area contributed by atoms with Crippen molar-refractivity contribution in [2.75, 3.05) is 5.32 Å². The third kappa shape index (κ3) is 4.00. The van der Waals surface area contributed by atoms with E-state index in [0.717, 1.165) is 22.2 Å². The standard InChI is InChI=1S/C19H19N5O3/c1-10-7-8-15-14(9-10)11(2)21-19(22-15)24-18(20)23-16(25)12-5-3-4-6-13(12)17(26)27/h3-4,6-9,12H,5H2,1-2H3,(H,26,27)(H3,20,21,22,23,24,25). The first-order valence-electron chi connectivity index (χ1n) is 8.36. The van der Waals surface area contributed by atoms with Crippen molar-refractivity contribution >= 4 is 34.7 Å². The number of nitrogens with zero attached hydrogens (tertiary/aromatic N) is 2. The zero-order chi connectivity index (χ0) is 19.6. The van der Waals surface area contributed by atoms with Crippen LogP contribution in [0.15, 0.2) is 42.0 Å². The van der Waals surface area contributed by atoms with Crippen molar-refractivity contribution in [2.45, 2.75) is 20.3 Å². The van der Waals surface area contributed by atoms with Crippen LogP contribution in [-0.2, 0) is 9.59 Å². The molecule has 0 aliphatic heterocycles. The van der Waals surface area contributed by atoms with E-state index in [0.29, 0.717) is 0 Å². The minimum Gasteiger partial charge on any atom is -0.478 e. The summed E-state index contributed by atoms with van der Waals surface area (Å²) in [7, 11) is 0. The van der Waals surface area contributed by atoms with E-state index in [9.17, 15) is 14.7 Å². The van der Waals surface area contributed by atoms with Gasteiger partial charge in [0.25, 0.3) is 0 Å². The molecule has 0 radical (unpaired) electrons. The van der Waals surface area contributed by atoms with E-state index in [1.165, 1.54) is 6.08 Å². The number of aryl methyl sites for hydroxylation is 2. The van der Waals surface area contributed by atoms with Crippen LogP contribution in [0.5, 0.6) is 0 Å². The number of amides is 1. The van der Waals surface area contributed by atoms with Gasteiger partial charge in [-0.1, -0.05) is 29.9 Å². The molecule has 138 valence electrons. The van der Waals surface area contributed by atoms with Crippen LogP contribution in [0.4, 0.5) is 5.95 Å². The molecule has 0 spiro atoms. The number of carbonyl (C=O) groups excluding carboxylic acids is 1. The van der Waals surface area contributed by atoms with Crippen LogP contribution in [0.25, 0.3) is 10.9 Å². The number of guanidine groups is 1. The number of hydrogen-bond donors (Lipinski definition) is 4. The number of fused-ring (bicyclic) bond motifs is 1. The number of hydrogen-bond acceptors (Lipinski definition) is 5. The topological polar surface area (TPSA) is 128 Å². The first-order valence-corrected chi connectivity index (χ1v) is 8.36. The van der Waals surface area contributed by atoms with Crippen molar-refractivity contribution in [3.8, 4) is 0 Å². The Morgan fingerprint density at radius 1 is 1.26 bits per heavy atom. The van der Waals surface area contributed by atoms with Crippen molar-refractivity contribution in [3.05, 3.63) is 53.3 Å². The number of rotatable bonds is 3. The van der Waals surface area contributed by atoms with E-state index >= 15 is 0 Å². The number of carboxylic acid groups (broad SMARTS) is 1. The Balaban J connectivity index is 1.72. The molecule has 0 fully saturated rings. The van der Waals surface area contributed by atoms with Gasteiger partial charge >= 0.3 is 5.97 Å². The Bertz CT molecular complexity index is 1010. The van der Waals surface area contributed by atoms with Gasteiger partial charge in [0, 0.05) is 11.0 Å². The fourth-order valence-electron chi connectivity index (χ4n) is 2.90. The zero-order valence-electron chi connectivity index (χ0n) is 14.9. The number of aromatic nitrogens is 2. The van der Waals surface area contributed by atoms with Gasteiger partial charge in [-0.2, -0.15) is 0 Å². The van der Waals surface area contributed by atoms with Gasteiger partial charge in [0.05, 0.1) is 17.1 Å². The molecule has 1 aromatic heterocycles. The second-order valence-corrected chi connectivity index (χ2v) is 6.29. The SMILES string of the molecule is Cc1ccc2nc(NC(=N)NC(=O)C3CC=CC=C3C(=O)O)nc(C)c2c1. The molecule has 2 aromatic rings. The Hall–Kier alpha value is -3.55. The molecule has 3 rings (SSSR count). The van der Waals surface area contributed by atoms with Gasteiger partial charge in [0.15, 0.2) is 0 Å². The molecule has 8 heteroatoms. The average Bonchev–Trinajstić information content (AvgIpc) is 2.62. The molecule has 1 aliphatic carbocycles. The Morgan fingerprint density at radius 2 is 2.04 bits per heavy atom. The van der Waals surface area contributed by atoms with Gasteiger partial charge < -0.3 is 5.11 Å². The molecule has 0 saturated heterocycles. The maximum Gasteiger partial charge on any atom is 0.332 e. The van der Waals surface area contributed by atoms with Gasteiger partial charge in [-0.3, -0.25) is 20.8 Å². The number of anilines is 1. The highest BCUT2D eigenvalue weighted by molar-refractivity contribution is 6.06. The predicted octanol–water partition coefficient (Wildman–Crippen LogP) is 2.30. The van der Waals surface area contributed by atoms with Crippen LogP contribution in [-0.4, -0.2) is 32.9 Å². The summed E-state index contributed by atoms with van der Waals surface area (Å²) in [5, 5.41) is 23.1. The summed E-state index contributed by atoms with van der Waals surface area (Å²) >= 11 is 0. The molecule has 1 aliphatic rings. The summed E-state index contributed by atoms with van der Waals surface area (Å²) < 4.78 is 0. The molecule has 4 N–H and O–H groups in total. The molecule has 27 heavy (non-hydrogen) atoms. The number of carboxylic acids is 1. The van der Waals surface area contributed by atoms with Crippen LogP contribution >= 0.6 is 0 Å². The number of carbonyl (C=O) groups is 2. The highest BCUT2D eigenvalue weighted by Gasteiger charge is 2.28. The van der Waals surface area contributed by atoms with E-state index in [1.54, 1.807) is 12.2 Å². The van der Waals surface area contributed by atoms with E-state index in [2.05, 4.69) is 20.6 Å². The van der Waals surface area contributed by atoms with E-state index < -0.39 is 17.8 Å². The lowest BCUT2D eigenvalue weighted by Crippen LogP contribution is -2.41. The largest absolute Gasteiger partial charge is 0.478 e. The molecule has 0 bridgehead atoms. The Morgan fingerprint density at radius 3 is 2.78 bits per heavy atom. The number of nitrogens with one attached hydrogen (secondary N) is 3. The Kier molecular flexibility index (Phi) is 4.98. The van der Waals surface area contributed by atoms with Crippen molar-refractivity contribution in [1.29, 1.82) is 5.41 Å². The van der Waals surface area contributed by atoms with Gasteiger partial charge in [0.1, 0.15) is 0 Å². The van der Waals surface area contributed by atoms with Gasteiger partial charge in [-0.15, -0.1) is 0 Å². The summed E-state index contributed by atoms with van der Waals surface area (Å²) in [4.78, 5) is 32.3. The van der Waals surface area contributed by atoms with Crippen LogP contribution in [0, 0.1) is 25.2 Å². The maximum absolute atomic E-state index is 12.4. The van der Waals surface area contributed by atoms with Crippen molar-refractivity contribution in [3.63, 3.8) is 0 Å². The fraction of sp³-hybridized carbons (Fsp3) is 0.211. The number of benzene rings is 1. The number of allylic oxidation sites excluding steroid dienone is 3. The van der Waals surface area contributed by atoms with Crippen LogP contribution < -0.4 is 10.6 Å². The summed E-state index contributed by atoms with van der Waals surface area (Å²) in [5.41, 5.74) is 2.57. The minimum absolute atomic E-state index is 0.00373. The van der Waals surface area contributed by atoms with Crippen molar-refractivity contribution in [2.24, 2.45) is 5.92 Å².